The van der Waals surface area contributed by atoms with Crippen molar-refractivity contribution in [2.45, 2.75) is 62.0 Å². The maximum atomic E-state index is 13.6. The quantitative estimate of drug-likeness (QED) is 0.789. The van der Waals surface area contributed by atoms with Gasteiger partial charge in [0.15, 0.2) is 0 Å². The van der Waals surface area contributed by atoms with Crippen molar-refractivity contribution in [1.82, 2.24) is 10.3 Å². The normalized spacial score (nSPS) is 31.0. The Hall–Kier alpha value is -1.82. The van der Waals surface area contributed by atoms with Gasteiger partial charge < -0.3 is 14.8 Å². The van der Waals surface area contributed by atoms with Gasteiger partial charge in [0.05, 0.1) is 18.4 Å². The van der Waals surface area contributed by atoms with Crippen LogP contribution in [0.4, 0.5) is 4.39 Å². The first-order valence-corrected chi connectivity index (χ1v) is 11.3. The fourth-order valence-electron chi connectivity index (χ4n) is 5.76. The third-order valence-corrected chi connectivity index (χ3v) is 7.35. The largest absolute Gasteiger partial charge is 0.378 e. The molecule has 5 rings (SSSR count). The molecule has 30 heavy (non-hydrogen) atoms. The zero-order chi connectivity index (χ0) is 20.4. The first-order chi connectivity index (χ1) is 14.7. The van der Waals surface area contributed by atoms with E-state index in [0.29, 0.717) is 19.3 Å². The SMILES string of the molecule is Fc1ccc([C@]2(CCN[C@H]3CCCc4ccccc43)CCO[C@]3(CCOC3)C2)nc1. The number of aryl methyl sites for hydroxylation is 1. The monoisotopic (exact) mass is 410 g/mol. The van der Waals surface area contributed by atoms with Crippen molar-refractivity contribution < 1.29 is 13.9 Å². The molecule has 1 aromatic heterocycles. The summed E-state index contributed by atoms with van der Waals surface area (Å²) in [5, 5.41) is 3.84. The summed E-state index contributed by atoms with van der Waals surface area (Å²) in [6, 6.07) is 12.6. The molecule has 3 heterocycles. The number of nitrogens with zero attached hydrogens (tertiary/aromatic N) is 1. The molecule has 5 heteroatoms. The number of hydrogen-bond acceptors (Lipinski definition) is 4. The molecule has 2 saturated heterocycles. The number of fused-ring (bicyclic) bond motifs is 1. The third-order valence-electron chi connectivity index (χ3n) is 7.35. The van der Waals surface area contributed by atoms with Crippen molar-refractivity contribution in [2.75, 3.05) is 26.4 Å². The summed E-state index contributed by atoms with van der Waals surface area (Å²) in [6.45, 7) is 3.02. The molecule has 2 fully saturated rings. The Morgan fingerprint density at radius 3 is 2.90 bits per heavy atom. The number of rotatable bonds is 5. The van der Waals surface area contributed by atoms with Crippen molar-refractivity contribution in [1.29, 1.82) is 0 Å². The molecule has 2 aliphatic heterocycles. The van der Waals surface area contributed by atoms with Gasteiger partial charge in [-0.2, -0.15) is 0 Å². The van der Waals surface area contributed by atoms with Crippen LogP contribution >= 0.6 is 0 Å². The van der Waals surface area contributed by atoms with E-state index in [4.69, 9.17) is 9.47 Å². The number of ether oxygens (including phenoxy) is 2. The van der Waals surface area contributed by atoms with Crippen LogP contribution in [0.3, 0.4) is 0 Å². The smallest absolute Gasteiger partial charge is 0.141 e. The second-order valence-electron chi connectivity index (χ2n) is 9.25. The third kappa shape index (κ3) is 3.91. The Bertz CT molecular complexity index is 866. The summed E-state index contributed by atoms with van der Waals surface area (Å²) in [7, 11) is 0. The maximum absolute atomic E-state index is 13.6. The van der Waals surface area contributed by atoms with E-state index in [1.165, 1.54) is 36.6 Å². The molecule has 2 aromatic rings. The van der Waals surface area contributed by atoms with E-state index in [-0.39, 0.29) is 16.8 Å². The Kier molecular flexibility index (Phi) is 5.61. The van der Waals surface area contributed by atoms with Crippen molar-refractivity contribution in [3.05, 3.63) is 65.2 Å². The van der Waals surface area contributed by atoms with Gasteiger partial charge in [-0.1, -0.05) is 24.3 Å². The van der Waals surface area contributed by atoms with E-state index < -0.39 is 0 Å². The number of halogens is 1. The topological polar surface area (TPSA) is 43.4 Å². The number of nitrogens with one attached hydrogen (secondary N) is 1. The van der Waals surface area contributed by atoms with Crippen molar-refractivity contribution in [3.8, 4) is 0 Å². The van der Waals surface area contributed by atoms with Gasteiger partial charge >= 0.3 is 0 Å². The van der Waals surface area contributed by atoms with E-state index >= 15 is 0 Å². The molecular formula is C25H31FN2O2. The minimum Gasteiger partial charge on any atom is -0.378 e. The van der Waals surface area contributed by atoms with Crippen LogP contribution in [0.5, 0.6) is 0 Å². The van der Waals surface area contributed by atoms with Crippen LogP contribution in [0.15, 0.2) is 42.6 Å². The molecule has 1 aromatic carbocycles. The van der Waals surface area contributed by atoms with Crippen molar-refractivity contribution in [3.63, 3.8) is 0 Å². The Morgan fingerprint density at radius 2 is 2.07 bits per heavy atom. The Labute approximate surface area is 178 Å². The van der Waals surface area contributed by atoms with Crippen LogP contribution in [0, 0.1) is 5.82 Å². The number of hydrogen-bond donors (Lipinski definition) is 1. The second kappa shape index (κ2) is 8.37. The lowest BCUT2D eigenvalue weighted by molar-refractivity contribution is -0.109. The number of aromatic nitrogens is 1. The molecule has 0 saturated carbocycles. The van der Waals surface area contributed by atoms with E-state index in [2.05, 4.69) is 34.6 Å². The van der Waals surface area contributed by atoms with Gasteiger partial charge in [0.1, 0.15) is 5.82 Å². The molecular weight excluding hydrogens is 379 g/mol. The molecule has 0 unspecified atom stereocenters. The van der Waals surface area contributed by atoms with Crippen molar-refractivity contribution >= 4 is 0 Å². The van der Waals surface area contributed by atoms with Gasteiger partial charge in [0, 0.05) is 36.8 Å². The van der Waals surface area contributed by atoms with Crippen LogP contribution in [0.2, 0.25) is 0 Å². The summed E-state index contributed by atoms with van der Waals surface area (Å²) in [5.41, 5.74) is 3.59. The minimum absolute atomic E-state index is 0.110. The molecule has 3 aliphatic rings. The fourth-order valence-corrected chi connectivity index (χ4v) is 5.76. The van der Waals surface area contributed by atoms with Crippen LogP contribution in [0.25, 0.3) is 0 Å². The summed E-state index contributed by atoms with van der Waals surface area (Å²) in [6.07, 6.45) is 8.65. The lowest BCUT2D eigenvalue weighted by Gasteiger charge is -2.46. The highest BCUT2D eigenvalue weighted by Gasteiger charge is 2.49. The standard InChI is InChI=1S/C25H31FN2O2/c26-20-8-9-23(28-16-20)24(11-15-30-25(17-24)12-14-29-18-25)10-13-27-22-7-3-5-19-4-1-2-6-21(19)22/h1-2,4,6,8-9,16,22,27H,3,5,7,10-15,17-18H2/t22-,24+,25+/m0/s1. The molecule has 0 bridgehead atoms. The first-order valence-electron chi connectivity index (χ1n) is 11.3. The average Bonchev–Trinajstić information content (AvgIpc) is 3.21. The van der Waals surface area contributed by atoms with Gasteiger partial charge in [-0.15, -0.1) is 0 Å². The highest BCUT2D eigenvalue weighted by atomic mass is 19.1. The minimum atomic E-state index is -0.281. The fraction of sp³-hybridized carbons (Fsp3) is 0.560. The highest BCUT2D eigenvalue weighted by Crippen LogP contribution is 2.46. The second-order valence-corrected chi connectivity index (χ2v) is 9.25. The van der Waals surface area contributed by atoms with Crippen molar-refractivity contribution in [2.24, 2.45) is 0 Å². The molecule has 1 spiro atoms. The Morgan fingerprint density at radius 1 is 1.13 bits per heavy atom. The number of pyridine rings is 1. The summed E-state index contributed by atoms with van der Waals surface area (Å²) in [5.74, 6) is -0.281. The van der Waals surface area contributed by atoms with E-state index in [1.807, 2.05) is 6.07 Å². The summed E-state index contributed by atoms with van der Waals surface area (Å²) in [4.78, 5) is 4.53. The van der Waals surface area contributed by atoms with E-state index in [1.54, 1.807) is 6.07 Å². The van der Waals surface area contributed by atoms with Crippen LogP contribution < -0.4 is 5.32 Å². The van der Waals surface area contributed by atoms with Crippen LogP contribution in [0.1, 0.15) is 61.4 Å². The first kappa shape index (κ1) is 20.1. The van der Waals surface area contributed by atoms with Gasteiger partial charge in [0.25, 0.3) is 0 Å². The zero-order valence-corrected chi connectivity index (χ0v) is 17.5. The van der Waals surface area contributed by atoms with Gasteiger partial charge in [-0.25, -0.2) is 4.39 Å². The molecule has 160 valence electrons. The van der Waals surface area contributed by atoms with E-state index in [0.717, 1.165) is 44.5 Å². The highest BCUT2D eigenvalue weighted by molar-refractivity contribution is 5.32. The zero-order valence-electron chi connectivity index (χ0n) is 17.5. The summed E-state index contributed by atoms with van der Waals surface area (Å²) >= 11 is 0. The van der Waals surface area contributed by atoms with Gasteiger partial charge in [0.2, 0.25) is 0 Å². The molecule has 0 radical (unpaired) electrons. The molecule has 1 N–H and O–H groups in total. The van der Waals surface area contributed by atoms with Crippen LogP contribution in [-0.4, -0.2) is 37.0 Å². The van der Waals surface area contributed by atoms with Crippen LogP contribution in [-0.2, 0) is 21.3 Å². The van der Waals surface area contributed by atoms with Gasteiger partial charge in [-0.3, -0.25) is 4.98 Å². The predicted octanol–water partition coefficient (Wildman–Crippen LogP) is 4.49. The van der Waals surface area contributed by atoms with Gasteiger partial charge in [-0.05, 0) is 68.3 Å². The maximum Gasteiger partial charge on any atom is 0.141 e. The predicted molar refractivity (Wildman–Crippen MR) is 114 cm³/mol. The molecule has 1 aliphatic carbocycles. The molecule has 4 nitrogen and oxygen atoms in total. The lowest BCUT2D eigenvalue weighted by atomic mass is 9.68. The number of benzene rings is 1. The molecule has 0 amide bonds. The molecule has 3 atom stereocenters. The summed E-state index contributed by atoms with van der Waals surface area (Å²) < 4.78 is 25.5. The lowest BCUT2D eigenvalue weighted by Crippen LogP contribution is -2.49. The van der Waals surface area contributed by atoms with E-state index in [9.17, 15) is 4.39 Å². The average molecular weight is 411 g/mol. The Balaban J connectivity index is 1.35.